The van der Waals surface area contributed by atoms with Crippen molar-refractivity contribution in [2.45, 2.75) is 31.5 Å². The first-order valence-electron chi connectivity index (χ1n) is 8.23. The Bertz CT molecular complexity index is 936. The molecule has 3 heterocycles. The normalized spacial score (nSPS) is 30.2. The molecule has 2 aliphatic rings. The van der Waals surface area contributed by atoms with Crippen LogP contribution in [0.1, 0.15) is 18.2 Å². The number of hydrogen-bond donors (Lipinski definition) is 2. The van der Waals surface area contributed by atoms with E-state index in [-0.39, 0.29) is 19.6 Å². The first-order valence-corrected chi connectivity index (χ1v) is 9.73. The average Bonchev–Trinajstić information content (AvgIpc) is 3.06. The van der Waals surface area contributed by atoms with Crippen LogP contribution in [0.5, 0.6) is 0 Å². The number of hydrogen-bond acceptors (Lipinski definition) is 7. The number of aromatic amines is 1. The molecule has 0 amide bonds. The summed E-state index contributed by atoms with van der Waals surface area (Å²) in [5, 5.41) is 0. The number of rotatable bonds is 4. The van der Waals surface area contributed by atoms with Crippen molar-refractivity contribution in [3.05, 3.63) is 68.7 Å². The van der Waals surface area contributed by atoms with Gasteiger partial charge in [0, 0.05) is 6.42 Å². The second kappa shape index (κ2) is 7.23. The highest BCUT2D eigenvalue weighted by atomic mass is 31.2. The molecule has 2 aromatic rings. The molecule has 2 saturated heterocycles. The van der Waals surface area contributed by atoms with Crippen LogP contribution in [-0.2, 0) is 24.9 Å². The van der Waals surface area contributed by atoms with Crippen molar-refractivity contribution in [2.75, 3.05) is 6.61 Å². The van der Waals surface area contributed by atoms with E-state index in [0.29, 0.717) is 0 Å². The monoisotopic (exact) mass is 399 g/mol. The van der Waals surface area contributed by atoms with Gasteiger partial charge in [-0.25, -0.2) is 4.79 Å². The van der Waals surface area contributed by atoms with Gasteiger partial charge in [-0.2, -0.15) is 13.8 Å². The lowest BCUT2D eigenvalue weighted by Crippen LogP contribution is -2.35. The van der Waals surface area contributed by atoms with Crippen LogP contribution in [0.3, 0.4) is 0 Å². The fourth-order valence-electron chi connectivity index (χ4n) is 2.97. The molecule has 144 valence electrons. The fraction of sp³-hybridized carbons (Fsp3) is 0.375. The third-order valence-corrected chi connectivity index (χ3v) is 5.79. The maximum Gasteiger partial charge on any atom is 0.573 e. The van der Waals surface area contributed by atoms with Crippen LogP contribution in [0.25, 0.3) is 0 Å². The second-order valence-corrected chi connectivity index (χ2v) is 7.84. The SMILES string of the molecule is O=c1[nH]c(=O)n([C@H]2C[C@@H]3O[P+](O)(OCc4ccccc4)OC[C@H]3O2)cc1F. The molecular formula is C16H17FN2O7P+. The summed E-state index contributed by atoms with van der Waals surface area (Å²) in [5.41, 5.74) is -1.05. The van der Waals surface area contributed by atoms with Gasteiger partial charge in [0.25, 0.3) is 5.56 Å². The van der Waals surface area contributed by atoms with Crippen LogP contribution in [0, 0.1) is 5.82 Å². The Kier molecular flexibility index (Phi) is 4.94. The number of H-pyrrole nitrogens is 1. The van der Waals surface area contributed by atoms with Crippen molar-refractivity contribution in [1.82, 2.24) is 9.55 Å². The van der Waals surface area contributed by atoms with Crippen LogP contribution >= 0.6 is 8.17 Å². The van der Waals surface area contributed by atoms with Crippen LogP contribution in [0.2, 0.25) is 0 Å². The molecule has 0 bridgehead atoms. The summed E-state index contributed by atoms with van der Waals surface area (Å²) in [6.45, 7) is 0.109. The number of halogens is 1. The summed E-state index contributed by atoms with van der Waals surface area (Å²) < 4.78 is 36.5. The van der Waals surface area contributed by atoms with Crippen molar-refractivity contribution in [3.8, 4) is 0 Å². The van der Waals surface area contributed by atoms with Crippen LogP contribution < -0.4 is 11.2 Å². The van der Waals surface area contributed by atoms with E-state index in [1.807, 2.05) is 35.3 Å². The van der Waals surface area contributed by atoms with Gasteiger partial charge in [0.2, 0.25) is 5.82 Å². The minimum absolute atomic E-state index is 0.000814. The van der Waals surface area contributed by atoms with Crippen molar-refractivity contribution in [2.24, 2.45) is 0 Å². The quantitative estimate of drug-likeness (QED) is 0.745. The van der Waals surface area contributed by atoms with E-state index in [2.05, 4.69) is 0 Å². The molecule has 0 saturated carbocycles. The van der Waals surface area contributed by atoms with Crippen LogP contribution in [0.4, 0.5) is 4.39 Å². The lowest BCUT2D eigenvalue weighted by molar-refractivity contribution is -0.0828. The molecule has 4 atom stereocenters. The molecule has 4 rings (SSSR count). The Morgan fingerprint density at radius 2 is 2.07 bits per heavy atom. The van der Waals surface area contributed by atoms with Crippen molar-refractivity contribution < 1.29 is 27.6 Å². The Labute approximate surface area is 152 Å². The molecule has 27 heavy (non-hydrogen) atoms. The number of ether oxygens (including phenoxy) is 1. The van der Waals surface area contributed by atoms with Crippen LogP contribution in [-0.4, -0.2) is 33.3 Å². The predicted molar refractivity (Wildman–Crippen MR) is 91.0 cm³/mol. The Balaban J connectivity index is 1.44. The minimum atomic E-state index is -3.55. The summed E-state index contributed by atoms with van der Waals surface area (Å²) in [7, 11) is -3.55. The highest BCUT2D eigenvalue weighted by Crippen LogP contribution is 2.63. The van der Waals surface area contributed by atoms with Gasteiger partial charge in [-0.3, -0.25) is 14.3 Å². The molecule has 0 aliphatic carbocycles. The summed E-state index contributed by atoms with van der Waals surface area (Å²) in [5.74, 6) is -1.10. The molecule has 1 aromatic heterocycles. The number of aromatic nitrogens is 2. The minimum Gasteiger partial charge on any atom is -0.349 e. The molecule has 0 spiro atoms. The number of benzene rings is 1. The third-order valence-electron chi connectivity index (χ3n) is 4.32. The lowest BCUT2D eigenvalue weighted by atomic mass is 10.2. The molecule has 11 heteroatoms. The van der Waals surface area contributed by atoms with Crippen molar-refractivity contribution in [1.29, 1.82) is 0 Å². The molecule has 2 N–H and O–H groups in total. The van der Waals surface area contributed by atoms with Crippen LogP contribution in [0.15, 0.2) is 46.1 Å². The Morgan fingerprint density at radius 3 is 2.85 bits per heavy atom. The predicted octanol–water partition coefficient (Wildman–Crippen LogP) is 1.27. The molecule has 1 unspecified atom stereocenters. The molecule has 9 nitrogen and oxygen atoms in total. The van der Waals surface area contributed by atoms with Gasteiger partial charge >= 0.3 is 13.9 Å². The number of fused-ring (bicyclic) bond motifs is 1. The second-order valence-electron chi connectivity index (χ2n) is 6.18. The topological polar surface area (TPSA) is 112 Å². The molecule has 1 aromatic carbocycles. The summed E-state index contributed by atoms with van der Waals surface area (Å²) in [4.78, 5) is 35.4. The first kappa shape index (κ1) is 18.4. The maximum atomic E-state index is 13.5. The Morgan fingerprint density at radius 1 is 1.30 bits per heavy atom. The fourth-order valence-corrected chi connectivity index (χ4v) is 4.38. The van der Waals surface area contributed by atoms with Gasteiger partial charge in [-0.05, 0) is 5.56 Å². The summed E-state index contributed by atoms with van der Waals surface area (Å²) >= 11 is 0. The van der Waals surface area contributed by atoms with Gasteiger partial charge in [0.15, 0.2) is 0 Å². The maximum absolute atomic E-state index is 13.5. The van der Waals surface area contributed by atoms with E-state index in [1.54, 1.807) is 0 Å². The van der Waals surface area contributed by atoms with E-state index >= 15 is 0 Å². The van der Waals surface area contributed by atoms with E-state index in [4.69, 9.17) is 18.3 Å². The van der Waals surface area contributed by atoms with E-state index in [1.165, 1.54) is 0 Å². The largest absolute Gasteiger partial charge is 0.573 e. The zero-order chi connectivity index (χ0) is 19.0. The van der Waals surface area contributed by atoms with Gasteiger partial charge in [0.1, 0.15) is 31.6 Å². The summed E-state index contributed by atoms with van der Waals surface area (Å²) in [6, 6.07) is 9.23. The van der Waals surface area contributed by atoms with Gasteiger partial charge in [0.05, 0.1) is 6.20 Å². The van der Waals surface area contributed by atoms with Gasteiger partial charge in [-0.15, -0.1) is 9.05 Å². The zero-order valence-corrected chi connectivity index (χ0v) is 14.9. The number of nitrogens with zero attached hydrogens (tertiary/aromatic N) is 1. The first-order chi connectivity index (χ1) is 12.9. The third kappa shape index (κ3) is 3.86. The van der Waals surface area contributed by atoms with E-state index < -0.39 is 43.7 Å². The molecule has 0 radical (unpaired) electrons. The smallest absolute Gasteiger partial charge is 0.349 e. The Hall–Kier alpha value is -1.94. The van der Waals surface area contributed by atoms with Crippen molar-refractivity contribution >= 4 is 8.17 Å². The molecule has 2 aliphatic heterocycles. The average molecular weight is 399 g/mol. The molecular weight excluding hydrogens is 382 g/mol. The van der Waals surface area contributed by atoms with Gasteiger partial charge < -0.3 is 4.74 Å². The standard InChI is InChI=1S/C16H16FN2O7P/c17-11-7-19(16(21)18-15(11)20)14-6-12-13(25-14)9-24-27(22,26-12)23-8-10-4-2-1-3-5-10/h1-5,7,12-14,22H,6,8-9H2/p+1/t12-,13+,14+,27?/m0/s1. The number of nitrogens with one attached hydrogen (secondary N) is 1. The van der Waals surface area contributed by atoms with Gasteiger partial charge in [-0.1, -0.05) is 30.3 Å². The van der Waals surface area contributed by atoms with E-state index in [0.717, 1.165) is 16.3 Å². The highest BCUT2D eigenvalue weighted by Gasteiger charge is 2.57. The van der Waals surface area contributed by atoms with Crippen molar-refractivity contribution in [3.63, 3.8) is 0 Å². The lowest BCUT2D eigenvalue weighted by Gasteiger charge is -2.26. The molecule has 2 fully saturated rings. The van der Waals surface area contributed by atoms with E-state index in [9.17, 15) is 18.9 Å². The highest BCUT2D eigenvalue weighted by molar-refractivity contribution is 7.55. The zero-order valence-electron chi connectivity index (χ0n) is 14.0. The summed E-state index contributed by atoms with van der Waals surface area (Å²) in [6.07, 6.45) is -1.06.